The molecule has 1 fully saturated rings. The van der Waals surface area contributed by atoms with Gasteiger partial charge in [-0.3, -0.25) is 0 Å². The second-order valence-corrected chi connectivity index (χ2v) is 3.73. The SMILES string of the molecule is COc1cccc([C@H](N)C2CC2)c1F.Cl. The smallest absolute Gasteiger partial charge is 0.169 e. The lowest BCUT2D eigenvalue weighted by atomic mass is 10.0. The van der Waals surface area contributed by atoms with Gasteiger partial charge in [0, 0.05) is 11.6 Å². The average molecular weight is 232 g/mol. The zero-order valence-electron chi connectivity index (χ0n) is 8.57. The first-order valence-electron chi connectivity index (χ1n) is 4.82. The Kier molecular flexibility index (Phi) is 3.94. The third-order valence-electron chi connectivity index (χ3n) is 2.70. The Hall–Kier alpha value is -0.800. The first-order chi connectivity index (χ1) is 6.74. The lowest BCUT2D eigenvalue weighted by molar-refractivity contribution is 0.381. The van der Waals surface area contributed by atoms with E-state index in [1.807, 2.05) is 0 Å². The van der Waals surface area contributed by atoms with Crippen LogP contribution in [0.3, 0.4) is 0 Å². The van der Waals surface area contributed by atoms with Gasteiger partial charge in [0.05, 0.1) is 7.11 Å². The molecule has 2 nitrogen and oxygen atoms in total. The molecule has 1 aromatic rings. The second kappa shape index (κ2) is 4.81. The number of hydrogen-bond donors (Lipinski definition) is 1. The van der Waals surface area contributed by atoms with E-state index in [4.69, 9.17) is 10.5 Å². The molecule has 1 aliphatic carbocycles. The number of rotatable bonds is 3. The van der Waals surface area contributed by atoms with Gasteiger partial charge in [-0.2, -0.15) is 0 Å². The standard InChI is InChI=1S/C11H14FNO.ClH/c1-14-9-4-2-3-8(10(9)12)11(13)7-5-6-7;/h2-4,7,11H,5-6,13H2,1H3;1H/t11-;/m1./s1. The zero-order valence-corrected chi connectivity index (χ0v) is 9.39. The number of methoxy groups -OCH3 is 1. The molecular formula is C11H15ClFNO. The van der Waals surface area contributed by atoms with E-state index in [-0.39, 0.29) is 30.0 Å². The third-order valence-corrected chi connectivity index (χ3v) is 2.70. The molecule has 1 aliphatic rings. The summed E-state index contributed by atoms with van der Waals surface area (Å²) in [6, 6.07) is 4.95. The highest BCUT2D eigenvalue weighted by molar-refractivity contribution is 5.85. The Labute approximate surface area is 95.0 Å². The van der Waals surface area contributed by atoms with Gasteiger partial charge in [0.2, 0.25) is 0 Å². The van der Waals surface area contributed by atoms with Crippen LogP contribution in [0, 0.1) is 11.7 Å². The molecule has 0 heterocycles. The van der Waals surface area contributed by atoms with Gasteiger partial charge in [-0.05, 0) is 24.8 Å². The summed E-state index contributed by atoms with van der Waals surface area (Å²) in [5, 5.41) is 0. The Morgan fingerprint density at radius 1 is 1.47 bits per heavy atom. The maximum absolute atomic E-state index is 13.7. The molecule has 0 unspecified atom stereocenters. The summed E-state index contributed by atoms with van der Waals surface area (Å²) < 4.78 is 18.6. The van der Waals surface area contributed by atoms with Crippen molar-refractivity contribution in [2.45, 2.75) is 18.9 Å². The Morgan fingerprint density at radius 2 is 2.13 bits per heavy atom. The van der Waals surface area contributed by atoms with Gasteiger partial charge in [-0.25, -0.2) is 4.39 Å². The van der Waals surface area contributed by atoms with Crippen LogP contribution in [0.25, 0.3) is 0 Å². The van der Waals surface area contributed by atoms with Crippen molar-refractivity contribution in [3.8, 4) is 5.75 Å². The van der Waals surface area contributed by atoms with Gasteiger partial charge in [-0.1, -0.05) is 12.1 Å². The first-order valence-corrected chi connectivity index (χ1v) is 4.82. The highest BCUT2D eigenvalue weighted by Crippen LogP contribution is 2.41. The minimum Gasteiger partial charge on any atom is -0.494 e. The number of nitrogens with two attached hydrogens (primary N) is 1. The molecular weight excluding hydrogens is 217 g/mol. The molecule has 0 bridgehead atoms. The van der Waals surface area contributed by atoms with E-state index >= 15 is 0 Å². The molecule has 2 rings (SSSR count). The van der Waals surface area contributed by atoms with E-state index in [1.165, 1.54) is 7.11 Å². The number of halogens is 2. The summed E-state index contributed by atoms with van der Waals surface area (Å²) >= 11 is 0. The van der Waals surface area contributed by atoms with Crippen LogP contribution in [0.4, 0.5) is 4.39 Å². The fourth-order valence-electron chi connectivity index (χ4n) is 1.65. The molecule has 4 heteroatoms. The molecule has 1 aromatic carbocycles. The lowest BCUT2D eigenvalue weighted by Crippen LogP contribution is -2.14. The van der Waals surface area contributed by atoms with Crippen molar-refractivity contribution in [3.05, 3.63) is 29.6 Å². The molecule has 0 aliphatic heterocycles. The minimum absolute atomic E-state index is 0. The summed E-state index contributed by atoms with van der Waals surface area (Å²) in [6.45, 7) is 0. The van der Waals surface area contributed by atoms with Crippen molar-refractivity contribution < 1.29 is 9.13 Å². The van der Waals surface area contributed by atoms with Gasteiger partial charge in [0.25, 0.3) is 0 Å². The molecule has 0 amide bonds. The van der Waals surface area contributed by atoms with Crippen molar-refractivity contribution in [1.29, 1.82) is 0 Å². The lowest BCUT2D eigenvalue weighted by Gasteiger charge is -2.13. The predicted molar refractivity (Wildman–Crippen MR) is 59.9 cm³/mol. The molecule has 15 heavy (non-hydrogen) atoms. The van der Waals surface area contributed by atoms with Crippen LogP contribution in [0.1, 0.15) is 24.4 Å². The summed E-state index contributed by atoms with van der Waals surface area (Å²) in [6.07, 6.45) is 2.22. The van der Waals surface area contributed by atoms with E-state index in [0.717, 1.165) is 12.8 Å². The fourth-order valence-corrected chi connectivity index (χ4v) is 1.65. The number of benzene rings is 1. The van der Waals surface area contributed by atoms with Crippen LogP contribution in [0.2, 0.25) is 0 Å². The molecule has 1 saturated carbocycles. The molecule has 84 valence electrons. The number of hydrogen-bond acceptors (Lipinski definition) is 2. The third kappa shape index (κ3) is 2.41. The van der Waals surface area contributed by atoms with Gasteiger partial charge in [0.15, 0.2) is 11.6 Å². The maximum Gasteiger partial charge on any atom is 0.169 e. The van der Waals surface area contributed by atoms with Crippen molar-refractivity contribution in [3.63, 3.8) is 0 Å². The highest BCUT2D eigenvalue weighted by Gasteiger charge is 2.31. The summed E-state index contributed by atoms with van der Waals surface area (Å²) in [4.78, 5) is 0. The molecule has 0 spiro atoms. The van der Waals surface area contributed by atoms with Crippen LogP contribution in [0.15, 0.2) is 18.2 Å². The van der Waals surface area contributed by atoms with Gasteiger partial charge in [-0.15, -0.1) is 12.4 Å². The average Bonchev–Trinajstić information content (AvgIpc) is 3.00. The second-order valence-electron chi connectivity index (χ2n) is 3.73. The van der Waals surface area contributed by atoms with E-state index < -0.39 is 0 Å². The molecule has 0 saturated heterocycles. The van der Waals surface area contributed by atoms with Gasteiger partial charge in [0.1, 0.15) is 0 Å². The summed E-state index contributed by atoms with van der Waals surface area (Å²) in [5.74, 6) is 0.421. The van der Waals surface area contributed by atoms with Crippen molar-refractivity contribution >= 4 is 12.4 Å². The summed E-state index contributed by atoms with van der Waals surface area (Å²) in [7, 11) is 1.46. The van der Waals surface area contributed by atoms with Crippen molar-refractivity contribution in [2.75, 3.05) is 7.11 Å². The topological polar surface area (TPSA) is 35.2 Å². The largest absolute Gasteiger partial charge is 0.494 e. The molecule has 1 atom stereocenters. The van der Waals surface area contributed by atoms with Crippen LogP contribution in [0.5, 0.6) is 5.75 Å². The Balaban J connectivity index is 0.00000112. The molecule has 0 aromatic heterocycles. The normalized spacial score (nSPS) is 16.7. The Bertz CT molecular complexity index is 341. The monoisotopic (exact) mass is 231 g/mol. The van der Waals surface area contributed by atoms with Gasteiger partial charge >= 0.3 is 0 Å². The quantitative estimate of drug-likeness (QED) is 0.868. The maximum atomic E-state index is 13.7. The van der Waals surface area contributed by atoms with Gasteiger partial charge < -0.3 is 10.5 Å². The van der Waals surface area contributed by atoms with E-state index in [2.05, 4.69) is 0 Å². The van der Waals surface area contributed by atoms with Crippen LogP contribution < -0.4 is 10.5 Å². The van der Waals surface area contributed by atoms with E-state index in [1.54, 1.807) is 18.2 Å². The predicted octanol–water partition coefficient (Wildman–Crippen LogP) is 2.67. The molecule has 2 N–H and O–H groups in total. The zero-order chi connectivity index (χ0) is 10.1. The van der Waals surface area contributed by atoms with Crippen molar-refractivity contribution in [2.24, 2.45) is 11.7 Å². The first kappa shape index (κ1) is 12.3. The van der Waals surface area contributed by atoms with Crippen LogP contribution >= 0.6 is 12.4 Å². The fraction of sp³-hybridized carbons (Fsp3) is 0.455. The number of ether oxygens (including phenoxy) is 1. The van der Waals surface area contributed by atoms with E-state index in [0.29, 0.717) is 11.5 Å². The van der Waals surface area contributed by atoms with Crippen LogP contribution in [-0.2, 0) is 0 Å². The van der Waals surface area contributed by atoms with E-state index in [9.17, 15) is 4.39 Å². The Morgan fingerprint density at radius 3 is 2.67 bits per heavy atom. The van der Waals surface area contributed by atoms with Crippen LogP contribution in [-0.4, -0.2) is 7.11 Å². The minimum atomic E-state index is -0.311. The summed E-state index contributed by atoms with van der Waals surface area (Å²) in [5.41, 5.74) is 6.50. The van der Waals surface area contributed by atoms with Crippen molar-refractivity contribution in [1.82, 2.24) is 0 Å². The highest BCUT2D eigenvalue weighted by atomic mass is 35.5. The molecule has 0 radical (unpaired) electrons.